The second-order valence-corrected chi connectivity index (χ2v) is 11.1. The maximum absolute atomic E-state index is 5.68. The molecule has 6 rings (SSSR count). The Morgan fingerprint density at radius 1 is 0.500 bits per heavy atom. The Morgan fingerprint density at radius 3 is 1.93 bits per heavy atom. The van der Waals surface area contributed by atoms with Crippen LogP contribution in [0.3, 0.4) is 0 Å². The number of pyridine rings is 2. The first kappa shape index (κ1) is 28.9. The van der Waals surface area contributed by atoms with E-state index in [1.807, 2.05) is 55.0 Å². The molecule has 4 heteroatoms. The molecule has 0 amide bonds. The van der Waals surface area contributed by atoms with E-state index in [1.165, 1.54) is 38.9 Å². The molecule has 0 unspecified atom stereocenters. The monoisotopic (exact) mass is 576 g/mol. The van der Waals surface area contributed by atoms with Crippen molar-refractivity contribution in [3.05, 3.63) is 132 Å². The second kappa shape index (κ2) is 12.2. The molecule has 0 aliphatic carbocycles. The molecule has 218 valence electrons. The van der Waals surface area contributed by atoms with Crippen molar-refractivity contribution in [2.45, 2.75) is 27.7 Å². The highest BCUT2D eigenvalue weighted by Crippen LogP contribution is 2.47. The minimum atomic E-state index is 0.797. The van der Waals surface area contributed by atoms with Crippen molar-refractivity contribution in [2.24, 2.45) is 0 Å². The fourth-order valence-electron chi connectivity index (χ4n) is 6.07. The van der Waals surface area contributed by atoms with Gasteiger partial charge in [-0.3, -0.25) is 9.97 Å². The highest BCUT2D eigenvalue weighted by molar-refractivity contribution is 5.99. The number of aryl methyl sites for hydroxylation is 1. The average molecular weight is 577 g/mol. The van der Waals surface area contributed by atoms with Crippen molar-refractivity contribution in [2.75, 3.05) is 14.2 Å². The first-order chi connectivity index (χ1) is 21.4. The van der Waals surface area contributed by atoms with Crippen molar-refractivity contribution in [3.63, 3.8) is 0 Å². The zero-order valence-electron chi connectivity index (χ0n) is 26.1. The van der Waals surface area contributed by atoms with Gasteiger partial charge in [0.15, 0.2) is 0 Å². The van der Waals surface area contributed by atoms with E-state index in [9.17, 15) is 0 Å². The number of nitrogens with zero attached hydrogens (tertiary/aromatic N) is 2. The summed E-state index contributed by atoms with van der Waals surface area (Å²) in [7, 11) is 3.40. The Bertz CT molecular complexity index is 1950. The van der Waals surface area contributed by atoms with Crippen molar-refractivity contribution in [3.8, 4) is 67.3 Å². The number of ether oxygens (including phenoxy) is 2. The van der Waals surface area contributed by atoms with Gasteiger partial charge in [0, 0.05) is 29.7 Å². The Labute approximate surface area is 260 Å². The molecule has 0 aliphatic heterocycles. The molecule has 0 bridgehead atoms. The highest BCUT2D eigenvalue weighted by atomic mass is 16.5. The van der Waals surface area contributed by atoms with Gasteiger partial charge in [0.2, 0.25) is 0 Å². The quantitative estimate of drug-likeness (QED) is 0.190. The minimum Gasteiger partial charge on any atom is -0.497 e. The summed E-state index contributed by atoms with van der Waals surface area (Å²) in [5, 5.41) is 0. The molecule has 4 nitrogen and oxygen atoms in total. The maximum Gasteiger partial charge on any atom is 0.119 e. The van der Waals surface area contributed by atoms with Gasteiger partial charge in [0.1, 0.15) is 11.5 Å². The molecule has 0 saturated heterocycles. The van der Waals surface area contributed by atoms with Crippen LogP contribution in [0, 0.1) is 27.7 Å². The van der Waals surface area contributed by atoms with Crippen LogP contribution in [0.2, 0.25) is 0 Å². The van der Waals surface area contributed by atoms with E-state index >= 15 is 0 Å². The van der Waals surface area contributed by atoms with E-state index in [0.717, 1.165) is 50.6 Å². The van der Waals surface area contributed by atoms with Gasteiger partial charge in [0.05, 0.1) is 19.9 Å². The SMILES string of the molecule is COc1ccc(-c2cc(-c3ccc(C)c(C)c3-c3ccc(OC)cc3-c3ccccn3)c(-c3cccnc3)c(C)c2C)cc1. The molecule has 0 atom stereocenters. The van der Waals surface area contributed by atoms with Crippen LogP contribution in [-0.2, 0) is 0 Å². The normalized spacial score (nSPS) is 11.0. The number of hydrogen-bond acceptors (Lipinski definition) is 4. The van der Waals surface area contributed by atoms with E-state index in [4.69, 9.17) is 14.5 Å². The molecule has 0 radical (unpaired) electrons. The average Bonchev–Trinajstić information content (AvgIpc) is 3.07. The molecular weight excluding hydrogens is 540 g/mol. The third-order valence-corrected chi connectivity index (χ3v) is 8.71. The number of aromatic nitrogens is 2. The van der Waals surface area contributed by atoms with Crippen LogP contribution in [0.1, 0.15) is 22.3 Å². The van der Waals surface area contributed by atoms with Crippen LogP contribution < -0.4 is 9.47 Å². The van der Waals surface area contributed by atoms with Gasteiger partial charge in [0.25, 0.3) is 0 Å². The lowest BCUT2D eigenvalue weighted by Crippen LogP contribution is -2.00. The molecule has 0 N–H and O–H groups in total. The molecule has 0 fully saturated rings. The Morgan fingerprint density at radius 2 is 1.25 bits per heavy atom. The largest absolute Gasteiger partial charge is 0.497 e. The molecule has 0 saturated carbocycles. The first-order valence-electron chi connectivity index (χ1n) is 14.8. The molecule has 44 heavy (non-hydrogen) atoms. The van der Waals surface area contributed by atoms with Gasteiger partial charge in [-0.25, -0.2) is 0 Å². The van der Waals surface area contributed by atoms with Crippen LogP contribution in [0.5, 0.6) is 11.5 Å². The van der Waals surface area contributed by atoms with Gasteiger partial charge in [-0.1, -0.05) is 36.4 Å². The summed E-state index contributed by atoms with van der Waals surface area (Å²) in [6.07, 6.45) is 5.63. The summed E-state index contributed by atoms with van der Waals surface area (Å²) in [4.78, 5) is 9.27. The predicted molar refractivity (Wildman–Crippen MR) is 181 cm³/mol. The summed E-state index contributed by atoms with van der Waals surface area (Å²) in [5.41, 5.74) is 16.1. The summed E-state index contributed by atoms with van der Waals surface area (Å²) in [6.45, 7) is 8.83. The van der Waals surface area contributed by atoms with Gasteiger partial charge in [-0.05, 0) is 143 Å². The first-order valence-corrected chi connectivity index (χ1v) is 14.8. The summed E-state index contributed by atoms with van der Waals surface area (Å²) < 4.78 is 11.1. The Kier molecular flexibility index (Phi) is 7.99. The van der Waals surface area contributed by atoms with Crippen molar-refractivity contribution >= 4 is 0 Å². The van der Waals surface area contributed by atoms with E-state index in [0.29, 0.717) is 0 Å². The number of rotatable bonds is 7. The van der Waals surface area contributed by atoms with Crippen molar-refractivity contribution in [1.29, 1.82) is 0 Å². The van der Waals surface area contributed by atoms with Crippen molar-refractivity contribution in [1.82, 2.24) is 9.97 Å². The molecule has 2 aromatic heterocycles. The van der Waals surface area contributed by atoms with Gasteiger partial charge in [-0.2, -0.15) is 0 Å². The lowest BCUT2D eigenvalue weighted by Gasteiger charge is -2.24. The Balaban J connectivity index is 1.71. The van der Waals surface area contributed by atoms with E-state index in [-0.39, 0.29) is 0 Å². The zero-order valence-corrected chi connectivity index (χ0v) is 26.1. The van der Waals surface area contributed by atoms with Gasteiger partial charge >= 0.3 is 0 Å². The maximum atomic E-state index is 5.68. The third kappa shape index (κ3) is 5.24. The van der Waals surface area contributed by atoms with E-state index in [1.54, 1.807) is 14.2 Å². The predicted octanol–water partition coefficient (Wildman–Crippen LogP) is 10.1. The van der Waals surface area contributed by atoms with E-state index in [2.05, 4.69) is 87.3 Å². The van der Waals surface area contributed by atoms with Crippen molar-refractivity contribution < 1.29 is 9.47 Å². The van der Waals surface area contributed by atoms with Crippen LogP contribution in [-0.4, -0.2) is 24.2 Å². The van der Waals surface area contributed by atoms with Crippen LogP contribution >= 0.6 is 0 Å². The van der Waals surface area contributed by atoms with Crippen LogP contribution in [0.4, 0.5) is 0 Å². The van der Waals surface area contributed by atoms with E-state index < -0.39 is 0 Å². The molecule has 6 aromatic rings. The Hall–Kier alpha value is -5.22. The van der Waals surface area contributed by atoms with Gasteiger partial charge < -0.3 is 9.47 Å². The lowest BCUT2D eigenvalue weighted by atomic mass is 9.80. The molecule has 0 spiro atoms. The van der Waals surface area contributed by atoms with Crippen LogP contribution in [0.15, 0.2) is 110 Å². The fourth-order valence-corrected chi connectivity index (χ4v) is 6.07. The number of benzene rings is 4. The fraction of sp³-hybridized carbons (Fsp3) is 0.150. The van der Waals surface area contributed by atoms with Crippen LogP contribution in [0.25, 0.3) is 55.8 Å². The smallest absolute Gasteiger partial charge is 0.119 e. The molecule has 0 aliphatic rings. The molecule has 4 aromatic carbocycles. The number of methoxy groups -OCH3 is 2. The topological polar surface area (TPSA) is 44.2 Å². The lowest BCUT2D eigenvalue weighted by molar-refractivity contribution is 0.415. The standard InChI is InChI=1S/C40H36N2O2/c1-25-12-18-34(40(26(25)2)33-19-17-32(44-6)22-36(33)38-11-7-8-21-42-38)37-23-35(29-13-15-31(43-5)16-14-29)27(3)28(4)39(37)30-10-9-20-41-24-30/h7-24H,1-6H3. The number of hydrogen-bond donors (Lipinski definition) is 0. The molecule has 2 heterocycles. The minimum absolute atomic E-state index is 0.797. The molecular formula is C40H36N2O2. The summed E-state index contributed by atoms with van der Waals surface area (Å²) in [5.74, 6) is 1.64. The zero-order chi connectivity index (χ0) is 30.8. The summed E-state index contributed by atoms with van der Waals surface area (Å²) in [6, 6.07) is 31.7. The highest BCUT2D eigenvalue weighted by Gasteiger charge is 2.23. The second-order valence-electron chi connectivity index (χ2n) is 11.1. The van der Waals surface area contributed by atoms with Gasteiger partial charge in [-0.15, -0.1) is 0 Å². The summed E-state index contributed by atoms with van der Waals surface area (Å²) >= 11 is 0. The third-order valence-electron chi connectivity index (χ3n) is 8.71.